The molecule has 1 amide bonds. The van der Waals surface area contributed by atoms with Gasteiger partial charge in [-0.15, -0.1) is 0 Å². The standard InChI is InChI=1S/C16H17FN2O/c1-11-5-4-8-14(17)16(11)19-15(20)9-12-6-2-3-7-13(12)10-18/h2-8H,9-10,18H2,1H3,(H,19,20). The first-order valence-corrected chi connectivity index (χ1v) is 6.43. The molecule has 0 bridgehead atoms. The molecule has 0 saturated carbocycles. The smallest absolute Gasteiger partial charge is 0.228 e. The lowest BCUT2D eigenvalue weighted by Crippen LogP contribution is -2.17. The number of hydrogen-bond acceptors (Lipinski definition) is 2. The molecule has 2 rings (SSSR count). The van der Waals surface area contributed by atoms with E-state index in [4.69, 9.17) is 5.73 Å². The van der Waals surface area contributed by atoms with Crippen LogP contribution in [0.5, 0.6) is 0 Å². The maximum Gasteiger partial charge on any atom is 0.228 e. The molecule has 0 unspecified atom stereocenters. The Morgan fingerprint density at radius 1 is 1.15 bits per heavy atom. The first kappa shape index (κ1) is 14.2. The van der Waals surface area contributed by atoms with Crippen molar-refractivity contribution in [3.05, 3.63) is 65.0 Å². The van der Waals surface area contributed by atoms with E-state index in [2.05, 4.69) is 5.32 Å². The number of amides is 1. The average molecular weight is 272 g/mol. The van der Waals surface area contributed by atoms with Crippen molar-refractivity contribution in [2.75, 3.05) is 5.32 Å². The second-order valence-electron chi connectivity index (χ2n) is 4.63. The van der Waals surface area contributed by atoms with Crippen LogP contribution in [0, 0.1) is 12.7 Å². The van der Waals surface area contributed by atoms with Crippen molar-refractivity contribution in [3.8, 4) is 0 Å². The van der Waals surface area contributed by atoms with Crippen molar-refractivity contribution >= 4 is 11.6 Å². The summed E-state index contributed by atoms with van der Waals surface area (Å²) in [5.74, 6) is -0.676. The van der Waals surface area contributed by atoms with Crippen LogP contribution in [0.3, 0.4) is 0 Å². The molecule has 0 saturated heterocycles. The summed E-state index contributed by atoms with van der Waals surface area (Å²) in [5.41, 5.74) is 8.36. The molecule has 4 heteroatoms. The number of benzene rings is 2. The van der Waals surface area contributed by atoms with Gasteiger partial charge in [0.05, 0.1) is 12.1 Å². The number of rotatable bonds is 4. The van der Waals surface area contributed by atoms with Crippen LogP contribution < -0.4 is 11.1 Å². The van der Waals surface area contributed by atoms with Crippen LogP contribution in [-0.4, -0.2) is 5.91 Å². The van der Waals surface area contributed by atoms with Crippen LogP contribution in [0.4, 0.5) is 10.1 Å². The van der Waals surface area contributed by atoms with E-state index in [1.165, 1.54) is 6.07 Å². The van der Waals surface area contributed by atoms with Crippen LogP contribution in [0.1, 0.15) is 16.7 Å². The third kappa shape index (κ3) is 3.22. The molecule has 0 radical (unpaired) electrons. The van der Waals surface area contributed by atoms with Gasteiger partial charge in [-0.1, -0.05) is 36.4 Å². The monoisotopic (exact) mass is 272 g/mol. The molecular formula is C16H17FN2O. The number of nitrogens with one attached hydrogen (secondary N) is 1. The molecule has 0 atom stereocenters. The minimum Gasteiger partial charge on any atom is -0.326 e. The topological polar surface area (TPSA) is 55.1 Å². The summed E-state index contributed by atoms with van der Waals surface area (Å²) in [6.07, 6.45) is 0.182. The Balaban J connectivity index is 2.13. The van der Waals surface area contributed by atoms with E-state index in [1.54, 1.807) is 19.1 Å². The molecule has 0 aromatic heterocycles. The Bertz CT molecular complexity index is 605. The normalized spacial score (nSPS) is 10.3. The van der Waals surface area contributed by atoms with E-state index in [9.17, 15) is 9.18 Å². The molecule has 0 aliphatic carbocycles. The molecule has 0 spiro atoms. The van der Waals surface area contributed by atoms with Crippen LogP contribution in [0.2, 0.25) is 0 Å². The van der Waals surface area contributed by atoms with Crippen LogP contribution in [0.15, 0.2) is 42.5 Å². The summed E-state index contributed by atoms with van der Waals surface area (Å²) in [6.45, 7) is 2.13. The van der Waals surface area contributed by atoms with E-state index in [1.807, 2.05) is 24.3 Å². The zero-order chi connectivity index (χ0) is 14.5. The summed E-state index contributed by atoms with van der Waals surface area (Å²) in [6, 6.07) is 12.2. The predicted molar refractivity (Wildman–Crippen MR) is 77.8 cm³/mol. The van der Waals surface area contributed by atoms with Crippen LogP contribution in [-0.2, 0) is 17.8 Å². The number of aryl methyl sites for hydroxylation is 1. The molecule has 0 heterocycles. The Hall–Kier alpha value is -2.20. The fourth-order valence-electron chi connectivity index (χ4n) is 2.08. The van der Waals surface area contributed by atoms with Gasteiger partial charge in [-0.25, -0.2) is 4.39 Å². The summed E-state index contributed by atoms with van der Waals surface area (Å²) < 4.78 is 13.7. The second-order valence-corrected chi connectivity index (χ2v) is 4.63. The van der Waals surface area contributed by atoms with Gasteiger partial charge < -0.3 is 11.1 Å². The quantitative estimate of drug-likeness (QED) is 0.899. The van der Waals surface area contributed by atoms with Crippen molar-refractivity contribution in [2.45, 2.75) is 19.9 Å². The lowest BCUT2D eigenvalue weighted by Gasteiger charge is -2.11. The lowest BCUT2D eigenvalue weighted by atomic mass is 10.0. The highest BCUT2D eigenvalue weighted by Crippen LogP contribution is 2.19. The SMILES string of the molecule is Cc1cccc(F)c1NC(=O)Cc1ccccc1CN. The van der Waals surface area contributed by atoms with E-state index in [-0.39, 0.29) is 18.0 Å². The highest BCUT2D eigenvalue weighted by atomic mass is 19.1. The molecule has 2 aromatic carbocycles. The maximum atomic E-state index is 13.7. The lowest BCUT2D eigenvalue weighted by molar-refractivity contribution is -0.115. The van der Waals surface area contributed by atoms with Gasteiger partial charge in [-0.3, -0.25) is 4.79 Å². The Morgan fingerprint density at radius 2 is 1.85 bits per heavy atom. The van der Waals surface area contributed by atoms with Crippen molar-refractivity contribution in [1.29, 1.82) is 0 Å². The molecule has 2 aromatic rings. The van der Waals surface area contributed by atoms with Gasteiger partial charge >= 0.3 is 0 Å². The average Bonchev–Trinajstić information content (AvgIpc) is 2.44. The molecule has 0 aliphatic rings. The minimum absolute atomic E-state index is 0.182. The zero-order valence-electron chi connectivity index (χ0n) is 11.3. The van der Waals surface area contributed by atoms with Crippen molar-refractivity contribution in [2.24, 2.45) is 5.73 Å². The highest BCUT2D eigenvalue weighted by molar-refractivity contribution is 5.93. The number of carbonyl (C=O) groups excluding carboxylic acids is 1. The molecule has 20 heavy (non-hydrogen) atoms. The number of carbonyl (C=O) groups is 1. The maximum absolute atomic E-state index is 13.7. The van der Waals surface area contributed by atoms with Crippen molar-refractivity contribution in [1.82, 2.24) is 0 Å². The van der Waals surface area contributed by atoms with E-state index in [0.29, 0.717) is 12.1 Å². The van der Waals surface area contributed by atoms with Gasteiger partial charge in [0.1, 0.15) is 5.82 Å². The Labute approximate surface area is 117 Å². The van der Waals surface area contributed by atoms with E-state index < -0.39 is 5.82 Å². The van der Waals surface area contributed by atoms with Gasteiger partial charge in [0, 0.05) is 6.54 Å². The molecule has 3 nitrogen and oxygen atoms in total. The number of nitrogens with two attached hydrogens (primary N) is 1. The summed E-state index contributed by atoms with van der Waals surface area (Å²) >= 11 is 0. The summed E-state index contributed by atoms with van der Waals surface area (Å²) in [4.78, 5) is 12.0. The predicted octanol–water partition coefficient (Wildman–Crippen LogP) is 2.77. The van der Waals surface area contributed by atoms with Crippen LogP contribution in [0.25, 0.3) is 0 Å². The Kier molecular flexibility index (Phi) is 4.48. The minimum atomic E-state index is -0.425. The van der Waals surface area contributed by atoms with E-state index >= 15 is 0 Å². The largest absolute Gasteiger partial charge is 0.326 e. The molecule has 0 aliphatic heterocycles. The molecular weight excluding hydrogens is 255 g/mol. The van der Waals surface area contributed by atoms with Gasteiger partial charge in [-0.05, 0) is 29.7 Å². The number of halogens is 1. The molecule has 0 fully saturated rings. The second kappa shape index (κ2) is 6.30. The fourth-order valence-corrected chi connectivity index (χ4v) is 2.08. The summed E-state index contributed by atoms with van der Waals surface area (Å²) in [5, 5.41) is 2.62. The first-order chi connectivity index (χ1) is 9.61. The van der Waals surface area contributed by atoms with E-state index in [0.717, 1.165) is 11.1 Å². The van der Waals surface area contributed by atoms with Gasteiger partial charge in [0.2, 0.25) is 5.91 Å². The number of hydrogen-bond donors (Lipinski definition) is 2. The van der Waals surface area contributed by atoms with Gasteiger partial charge in [0.25, 0.3) is 0 Å². The zero-order valence-corrected chi connectivity index (χ0v) is 11.3. The Morgan fingerprint density at radius 3 is 2.50 bits per heavy atom. The molecule has 3 N–H and O–H groups in total. The third-order valence-corrected chi connectivity index (χ3v) is 3.18. The number of anilines is 1. The number of para-hydroxylation sites is 1. The van der Waals surface area contributed by atoms with Crippen molar-refractivity contribution < 1.29 is 9.18 Å². The van der Waals surface area contributed by atoms with Gasteiger partial charge in [-0.2, -0.15) is 0 Å². The summed E-state index contributed by atoms with van der Waals surface area (Å²) in [7, 11) is 0. The molecule has 104 valence electrons. The van der Waals surface area contributed by atoms with Crippen molar-refractivity contribution in [3.63, 3.8) is 0 Å². The first-order valence-electron chi connectivity index (χ1n) is 6.43. The fraction of sp³-hybridized carbons (Fsp3) is 0.188. The van der Waals surface area contributed by atoms with Crippen LogP contribution >= 0.6 is 0 Å². The third-order valence-electron chi connectivity index (χ3n) is 3.18. The highest BCUT2D eigenvalue weighted by Gasteiger charge is 2.11. The van der Waals surface area contributed by atoms with Gasteiger partial charge in [0.15, 0.2) is 0 Å².